The van der Waals surface area contributed by atoms with Gasteiger partial charge in [-0.15, -0.1) is 11.8 Å². The van der Waals surface area contributed by atoms with E-state index in [0.717, 1.165) is 6.07 Å². The Kier molecular flexibility index (Phi) is 4.32. The maximum atomic E-state index is 12.3. The zero-order valence-corrected chi connectivity index (χ0v) is 11.8. The molecule has 1 fully saturated rings. The van der Waals surface area contributed by atoms with Gasteiger partial charge >= 0.3 is 11.7 Å². The van der Waals surface area contributed by atoms with Gasteiger partial charge in [0.25, 0.3) is 5.91 Å². The van der Waals surface area contributed by atoms with Crippen molar-refractivity contribution in [1.29, 1.82) is 0 Å². The van der Waals surface area contributed by atoms with E-state index in [1.807, 2.05) is 0 Å². The van der Waals surface area contributed by atoms with Crippen LogP contribution in [0.5, 0.6) is 5.75 Å². The van der Waals surface area contributed by atoms with Crippen LogP contribution in [0.2, 0.25) is 0 Å². The zero-order valence-electron chi connectivity index (χ0n) is 11.0. The van der Waals surface area contributed by atoms with Gasteiger partial charge < -0.3 is 14.7 Å². The Labute approximate surface area is 123 Å². The van der Waals surface area contributed by atoms with E-state index in [1.165, 1.54) is 35.9 Å². The van der Waals surface area contributed by atoms with Crippen molar-refractivity contribution in [1.82, 2.24) is 4.90 Å². The average molecular weight is 312 g/mol. The molecule has 1 atom stereocenters. The van der Waals surface area contributed by atoms with Gasteiger partial charge in [-0.2, -0.15) is 0 Å². The van der Waals surface area contributed by atoms with Gasteiger partial charge in [0.15, 0.2) is 5.75 Å². The third-order valence-corrected chi connectivity index (χ3v) is 4.06. The predicted molar refractivity (Wildman–Crippen MR) is 74.6 cm³/mol. The number of ether oxygens (including phenoxy) is 1. The number of carboxylic acid groups (broad SMARTS) is 1. The lowest BCUT2D eigenvalue weighted by Crippen LogP contribution is -2.41. The Balaban J connectivity index is 2.33. The number of benzene rings is 1. The third kappa shape index (κ3) is 2.92. The van der Waals surface area contributed by atoms with Gasteiger partial charge in [-0.3, -0.25) is 14.9 Å². The topological polar surface area (TPSA) is 110 Å². The van der Waals surface area contributed by atoms with Crippen molar-refractivity contribution >= 4 is 29.3 Å². The second-order valence-electron chi connectivity index (χ2n) is 4.27. The molecular weight excluding hydrogens is 300 g/mol. The fourth-order valence-corrected chi connectivity index (χ4v) is 3.12. The Bertz CT molecular complexity index is 605. The van der Waals surface area contributed by atoms with Crippen molar-refractivity contribution in [2.24, 2.45) is 0 Å². The summed E-state index contributed by atoms with van der Waals surface area (Å²) in [4.78, 5) is 34.9. The number of carboxylic acids is 1. The largest absolute Gasteiger partial charge is 0.490 e. The van der Waals surface area contributed by atoms with Crippen molar-refractivity contribution in [2.75, 3.05) is 18.7 Å². The standard InChI is InChI=1S/C12H12N2O6S/c1-20-10-3-2-7(4-8(10)14(18)19)11(15)13-6-21-5-9(13)12(16)17/h2-4,9H,5-6H2,1H3,(H,16,17). The summed E-state index contributed by atoms with van der Waals surface area (Å²) in [5.74, 6) is -1.04. The van der Waals surface area contributed by atoms with Gasteiger partial charge in [0.2, 0.25) is 0 Å². The number of carbonyl (C=O) groups is 2. The van der Waals surface area contributed by atoms with Crippen LogP contribution in [0.3, 0.4) is 0 Å². The van der Waals surface area contributed by atoms with Gasteiger partial charge in [0.1, 0.15) is 6.04 Å². The number of nitrogens with zero attached hydrogens (tertiary/aromatic N) is 2. The summed E-state index contributed by atoms with van der Waals surface area (Å²) < 4.78 is 4.86. The Morgan fingerprint density at radius 1 is 1.52 bits per heavy atom. The lowest BCUT2D eigenvalue weighted by Gasteiger charge is -2.20. The third-order valence-electron chi connectivity index (χ3n) is 3.05. The first kappa shape index (κ1) is 15.1. The number of hydrogen-bond donors (Lipinski definition) is 1. The number of methoxy groups -OCH3 is 1. The fourth-order valence-electron chi connectivity index (χ4n) is 1.98. The Hall–Kier alpha value is -2.29. The van der Waals surface area contributed by atoms with Crippen LogP contribution in [-0.2, 0) is 4.79 Å². The normalized spacial score (nSPS) is 17.6. The van der Waals surface area contributed by atoms with Crippen LogP contribution < -0.4 is 4.74 Å². The number of thioether (sulfide) groups is 1. The molecule has 0 bridgehead atoms. The molecule has 1 aromatic rings. The number of aliphatic carboxylic acids is 1. The van der Waals surface area contributed by atoms with E-state index >= 15 is 0 Å². The lowest BCUT2D eigenvalue weighted by molar-refractivity contribution is -0.385. The van der Waals surface area contributed by atoms with Crippen molar-refractivity contribution in [3.8, 4) is 5.75 Å². The minimum atomic E-state index is -1.09. The molecule has 1 aliphatic rings. The summed E-state index contributed by atoms with van der Waals surface area (Å²) in [6.07, 6.45) is 0. The highest BCUT2D eigenvalue weighted by atomic mass is 32.2. The first-order valence-corrected chi connectivity index (χ1v) is 7.05. The zero-order chi connectivity index (χ0) is 15.6. The van der Waals surface area contributed by atoms with Crippen LogP contribution in [0.4, 0.5) is 5.69 Å². The Morgan fingerprint density at radius 3 is 2.81 bits per heavy atom. The molecule has 1 heterocycles. The highest BCUT2D eigenvalue weighted by Gasteiger charge is 2.35. The minimum absolute atomic E-state index is 0.0436. The molecule has 0 spiro atoms. The molecule has 1 N–H and O–H groups in total. The quantitative estimate of drug-likeness (QED) is 0.657. The summed E-state index contributed by atoms with van der Waals surface area (Å²) in [6, 6.07) is 2.90. The van der Waals surface area contributed by atoms with Crippen LogP contribution in [0, 0.1) is 10.1 Å². The van der Waals surface area contributed by atoms with Crippen LogP contribution in [0.15, 0.2) is 18.2 Å². The lowest BCUT2D eigenvalue weighted by atomic mass is 10.1. The van der Waals surface area contributed by atoms with Gasteiger partial charge in [-0.05, 0) is 12.1 Å². The molecule has 9 heteroatoms. The fraction of sp³-hybridized carbons (Fsp3) is 0.333. The van der Waals surface area contributed by atoms with Crippen molar-refractivity contribution in [3.63, 3.8) is 0 Å². The SMILES string of the molecule is COc1ccc(C(=O)N2CSCC2C(=O)O)cc1[N+](=O)[O-]. The van der Waals surface area contributed by atoms with Crippen molar-refractivity contribution in [2.45, 2.75) is 6.04 Å². The summed E-state index contributed by atoms with van der Waals surface area (Å²) in [5.41, 5.74) is -0.265. The van der Waals surface area contributed by atoms with E-state index in [4.69, 9.17) is 9.84 Å². The summed E-state index contributed by atoms with van der Waals surface area (Å²) in [6.45, 7) is 0. The summed E-state index contributed by atoms with van der Waals surface area (Å²) >= 11 is 1.33. The molecule has 0 radical (unpaired) electrons. The molecule has 0 aliphatic carbocycles. The Morgan fingerprint density at radius 2 is 2.24 bits per heavy atom. The molecular formula is C12H12N2O6S. The maximum Gasteiger partial charge on any atom is 0.327 e. The van der Waals surface area contributed by atoms with Crippen molar-refractivity contribution < 1.29 is 24.4 Å². The van der Waals surface area contributed by atoms with E-state index < -0.39 is 22.8 Å². The predicted octanol–water partition coefficient (Wildman–Crippen LogP) is 1.20. The summed E-state index contributed by atoms with van der Waals surface area (Å²) in [5, 5.41) is 20.0. The number of nitro benzene ring substituents is 1. The molecule has 1 amide bonds. The van der Waals surface area contributed by atoms with E-state index in [9.17, 15) is 19.7 Å². The number of carbonyl (C=O) groups excluding carboxylic acids is 1. The van der Waals surface area contributed by atoms with Gasteiger partial charge in [0.05, 0.1) is 17.9 Å². The molecule has 0 aromatic heterocycles. The van der Waals surface area contributed by atoms with Crippen LogP contribution in [0.25, 0.3) is 0 Å². The van der Waals surface area contributed by atoms with Crippen LogP contribution >= 0.6 is 11.8 Å². The van der Waals surface area contributed by atoms with Crippen molar-refractivity contribution in [3.05, 3.63) is 33.9 Å². The van der Waals surface area contributed by atoms with Gasteiger partial charge in [-0.25, -0.2) is 4.79 Å². The first-order chi connectivity index (χ1) is 9.95. The smallest absolute Gasteiger partial charge is 0.327 e. The molecule has 1 aliphatic heterocycles. The van der Waals surface area contributed by atoms with E-state index in [2.05, 4.69) is 0 Å². The molecule has 1 saturated heterocycles. The number of nitro groups is 1. The second kappa shape index (κ2) is 6.00. The number of amides is 1. The van der Waals surface area contributed by atoms with Gasteiger partial charge in [0, 0.05) is 17.4 Å². The van der Waals surface area contributed by atoms with Crippen LogP contribution in [0.1, 0.15) is 10.4 Å². The molecule has 21 heavy (non-hydrogen) atoms. The molecule has 1 aromatic carbocycles. The molecule has 2 rings (SSSR count). The molecule has 1 unspecified atom stereocenters. The molecule has 8 nitrogen and oxygen atoms in total. The molecule has 0 saturated carbocycles. The maximum absolute atomic E-state index is 12.3. The summed E-state index contributed by atoms with van der Waals surface area (Å²) in [7, 11) is 1.29. The first-order valence-electron chi connectivity index (χ1n) is 5.89. The number of rotatable bonds is 4. The minimum Gasteiger partial charge on any atom is -0.490 e. The van der Waals surface area contributed by atoms with Crippen LogP contribution in [-0.4, -0.2) is 51.6 Å². The highest BCUT2D eigenvalue weighted by Crippen LogP contribution is 2.30. The highest BCUT2D eigenvalue weighted by molar-refractivity contribution is 7.99. The number of hydrogen-bond acceptors (Lipinski definition) is 6. The molecule has 112 valence electrons. The van der Waals surface area contributed by atoms with E-state index in [0.29, 0.717) is 5.75 Å². The second-order valence-corrected chi connectivity index (χ2v) is 5.27. The average Bonchev–Trinajstić information content (AvgIpc) is 2.95. The van der Waals surface area contributed by atoms with E-state index in [1.54, 1.807) is 0 Å². The van der Waals surface area contributed by atoms with Gasteiger partial charge in [-0.1, -0.05) is 0 Å². The van der Waals surface area contributed by atoms with E-state index in [-0.39, 0.29) is 22.9 Å². The monoisotopic (exact) mass is 312 g/mol.